The lowest BCUT2D eigenvalue weighted by molar-refractivity contribution is 0.107. The van der Waals surface area contributed by atoms with Crippen LogP contribution in [0.1, 0.15) is 12.1 Å². The number of aromatic nitrogens is 1. The first kappa shape index (κ1) is 12.6. The molecule has 1 atom stereocenters. The van der Waals surface area contributed by atoms with E-state index in [0.29, 0.717) is 6.10 Å². The Morgan fingerprint density at radius 3 is 3.06 bits per heavy atom. The topological polar surface area (TPSA) is 37.4 Å². The molecule has 1 aliphatic rings. The molecular formula is C12H18ClN3O. The lowest BCUT2D eigenvalue weighted by Gasteiger charge is -2.16. The molecule has 0 aromatic carbocycles. The standard InChI is InChI=1S/C12H18ClN3O/c1-14-12-4-3-10(13)11(15-12)8-16-6-5-9(7-16)17-2/h3-4,9H,5-8H2,1-2H3,(H,14,15). The Kier molecular flexibility index (Phi) is 4.20. The molecule has 1 aromatic heterocycles. The maximum absolute atomic E-state index is 6.15. The molecule has 0 spiro atoms. The molecule has 1 aliphatic heterocycles. The monoisotopic (exact) mass is 255 g/mol. The van der Waals surface area contributed by atoms with Crippen molar-refractivity contribution in [2.75, 3.05) is 32.6 Å². The van der Waals surface area contributed by atoms with Crippen molar-refractivity contribution in [3.8, 4) is 0 Å². The Bertz CT molecular complexity index is 386. The largest absolute Gasteiger partial charge is 0.380 e. The van der Waals surface area contributed by atoms with E-state index in [0.717, 1.165) is 42.6 Å². The number of nitrogens with zero attached hydrogens (tertiary/aromatic N) is 2. The molecule has 4 nitrogen and oxygen atoms in total. The summed E-state index contributed by atoms with van der Waals surface area (Å²) < 4.78 is 5.35. The van der Waals surface area contributed by atoms with Crippen molar-refractivity contribution >= 4 is 17.4 Å². The van der Waals surface area contributed by atoms with Crippen molar-refractivity contribution in [2.24, 2.45) is 0 Å². The van der Waals surface area contributed by atoms with Gasteiger partial charge in [-0.25, -0.2) is 4.98 Å². The van der Waals surface area contributed by atoms with Gasteiger partial charge in [0, 0.05) is 33.8 Å². The van der Waals surface area contributed by atoms with Crippen LogP contribution in [0.25, 0.3) is 0 Å². The number of hydrogen-bond acceptors (Lipinski definition) is 4. The van der Waals surface area contributed by atoms with Crippen molar-refractivity contribution in [1.82, 2.24) is 9.88 Å². The van der Waals surface area contributed by atoms with Crippen LogP contribution in [0.3, 0.4) is 0 Å². The fourth-order valence-electron chi connectivity index (χ4n) is 2.08. The molecule has 0 radical (unpaired) electrons. The van der Waals surface area contributed by atoms with Crippen molar-refractivity contribution in [2.45, 2.75) is 19.1 Å². The minimum atomic E-state index is 0.348. The summed E-state index contributed by atoms with van der Waals surface area (Å²) in [7, 11) is 3.62. The minimum Gasteiger partial charge on any atom is -0.380 e. The Labute approximate surface area is 107 Å². The van der Waals surface area contributed by atoms with Gasteiger partial charge in [0.05, 0.1) is 16.8 Å². The normalized spacial score (nSPS) is 20.8. The highest BCUT2D eigenvalue weighted by atomic mass is 35.5. The lowest BCUT2D eigenvalue weighted by Crippen LogP contribution is -2.23. The maximum atomic E-state index is 6.15. The molecule has 0 bridgehead atoms. The summed E-state index contributed by atoms with van der Waals surface area (Å²) in [6.45, 7) is 2.78. The van der Waals surface area contributed by atoms with Crippen LogP contribution in [0.4, 0.5) is 5.82 Å². The zero-order valence-corrected chi connectivity index (χ0v) is 11.0. The molecule has 0 saturated carbocycles. The van der Waals surface area contributed by atoms with E-state index < -0.39 is 0 Å². The average molecular weight is 256 g/mol. The second-order valence-corrected chi connectivity index (χ2v) is 4.66. The van der Waals surface area contributed by atoms with E-state index >= 15 is 0 Å². The number of ether oxygens (including phenoxy) is 1. The molecule has 2 heterocycles. The number of rotatable bonds is 4. The third-order valence-electron chi connectivity index (χ3n) is 3.11. The van der Waals surface area contributed by atoms with Gasteiger partial charge in [-0.2, -0.15) is 0 Å². The molecule has 1 fully saturated rings. The van der Waals surface area contributed by atoms with Crippen LogP contribution < -0.4 is 5.32 Å². The van der Waals surface area contributed by atoms with Gasteiger partial charge < -0.3 is 10.1 Å². The molecule has 0 aliphatic carbocycles. The molecule has 2 rings (SSSR count). The molecule has 1 aromatic rings. The molecule has 1 N–H and O–H groups in total. The second kappa shape index (κ2) is 5.67. The van der Waals surface area contributed by atoms with E-state index in [9.17, 15) is 0 Å². The Morgan fingerprint density at radius 1 is 1.59 bits per heavy atom. The van der Waals surface area contributed by atoms with Gasteiger partial charge in [-0.05, 0) is 18.6 Å². The number of nitrogens with one attached hydrogen (secondary N) is 1. The number of pyridine rings is 1. The quantitative estimate of drug-likeness (QED) is 0.893. The number of likely N-dealkylation sites (tertiary alicyclic amines) is 1. The highest BCUT2D eigenvalue weighted by Gasteiger charge is 2.22. The first-order valence-electron chi connectivity index (χ1n) is 5.81. The van der Waals surface area contributed by atoms with Crippen molar-refractivity contribution in [3.63, 3.8) is 0 Å². The summed E-state index contributed by atoms with van der Waals surface area (Å²) in [6.07, 6.45) is 1.43. The number of methoxy groups -OCH3 is 1. The third-order valence-corrected chi connectivity index (χ3v) is 3.45. The zero-order chi connectivity index (χ0) is 12.3. The summed E-state index contributed by atoms with van der Waals surface area (Å²) in [6, 6.07) is 3.77. The van der Waals surface area contributed by atoms with Gasteiger partial charge in [0.25, 0.3) is 0 Å². The van der Waals surface area contributed by atoms with E-state index in [-0.39, 0.29) is 0 Å². The van der Waals surface area contributed by atoms with Crippen LogP contribution in [0.2, 0.25) is 5.02 Å². The molecule has 0 amide bonds. The van der Waals surface area contributed by atoms with Gasteiger partial charge in [-0.1, -0.05) is 11.6 Å². The van der Waals surface area contributed by atoms with Crippen LogP contribution >= 0.6 is 11.6 Å². The van der Waals surface area contributed by atoms with Crippen LogP contribution in [0.15, 0.2) is 12.1 Å². The predicted molar refractivity (Wildman–Crippen MR) is 69.5 cm³/mol. The van der Waals surface area contributed by atoms with Gasteiger partial charge in [0.15, 0.2) is 0 Å². The van der Waals surface area contributed by atoms with Gasteiger partial charge in [0.2, 0.25) is 0 Å². The Balaban J connectivity index is 2.03. The molecule has 1 saturated heterocycles. The van der Waals surface area contributed by atoms with Crippen LogP contribution in [-0.2, 0) is 11.3 Å². The lowest BCUT2D eigenvalue weighted by atomic mass is 10.3. The number of anilines is 1. The molecular weight excluding hydrogens is 238 g/mol. The summed E-state index contributed by atoms with van der Waals surface area (Å²) in [5, 5.41) is 3.75. The summed E-state index contributed by atoms with van der Waals surface area (Å²) in [5.74, 6) is 0.854. The van der Waals surface area contributed by atoms with Crippen LogP contribution in [-0.4, -0.2) is 43.2 Å². The highest BCUT2D eigenvalue weighted by molar-refractivity contribution is 6.31. The molecule has 17 heavy (non-hydrogen) atoms. The fourth-order valence-corrected chi connectivity index (χ4v) is 2.24. The zero-order valence-electron chi connectivity index (χ0n) is 10.2. The summed E-state index contributed by atoms with van der Waals surface area (Å²) in [5.41, 5.74) is 0.926. The summed E-state index contributed by atoms with van der Waals surface area (Å²) in [4.78, 5) is 6.80. The Hall–Kier alpha value is -0.840. The van der Waals surface area contributed by atoms with Crippen molar-refractivity contribution in [1.29, 1.82) is 0 Å². The van der Waals surface area contributed by atoms with Gasteiger partial charge >= 0.3 is 0 Å². The van der Waals surface area contributed by atoms with E-state index in [2.05, 4.69) is 15.2 Å². The fraction of sp³-hybridized carbons (Fsp3) is 0.583. The number of hydrogen-bond donors (Lipinski definition) is 1. The van der Waals surface area contributed by atoms with E-state index in [4.69, 9.17) is 16.3 Å². The first-order valence-corrected chi connectivity index (χ1v) is 6.19. The highest BCUT2D eigenvalue weighted by Crippen LogP contribution is 2.21. The minimum absolute atomic E-state index is 0.348. The predicted octanol–water partition coefficient (Wildman–Crippen LogP) is 2.00. The van der Waals surface area contributed by atoms with Gasteiger partial charge in [0.1, 0.15) is 5.82 Å². The van der Waals surface area contributed by atoms with Crippen LogP contribution in [0.5, 0.6) is 0 Å². The number of halogens is 1. The smallest absolute Gasteiger partial charge is 0.126 e. The van der Waals surface area contributed by atoms with E-state index in [1.165, 1.54) is 0 Å². The molecule has 94 valence electrons. The van der Waals surface area contributed by atoms with Gasteiger partial charge in [-0.3, -0.25) is 4.90 Å². The van der Waals surface area contributed by atoms with E-state index in [1.54, 1.807) is 7.11 Å². The first-order chi connectivity index (χ1) is 8.22. The average Bonchev–Trinajstić information content (AvgIpc) is 2.80. The molecule has 5 heteroatoms. The third kappa shape index (κ3) is 3.09. The van der Waals surface area contributed by atoms with Crippen molar-refractivity contribution in [3.05, 3.63) is 22.8 Å². The molecule has 1 unspecified atom stereocenters. The van der Waals surface area contributed by atoms with Crippen molar-refractivity contribution < 1.29 is 4.74 Å². The van der Waals surface area contributed by atoms with E-state index in [1.807, 2.05) is 19.2 Å². The second-order valence-electron chi connectivity index (χ2n) is 4.26. The Morgan fingerprint density at radius 2 is 2.41 bits per heavy atom. The van der Waals surface area contributed by atoms with Crippen LogP contribution in [0, 0.1) is 0 Å². The van der Waals surface area contributed by atoms with Gasteiger partial charge in [-0.15, -0.1) is 0 Å². The summed E-state index contributed by atoms with van der Waals surface area (Å²) >= 11 is 6.15. The maximum Gasteiger partial charge on any atom is 0.126 e. The SMILES string of the molecule is CNc1ccc(Cl)c(CN2CCC(OC)C2)n1.